The average molecular weight is 370 g/mol. The summed E-state index contributed by atoms with van der Waals surface area (Å²) in [4.78, 5) is 0. The van der Waals surface area contributed by atoms with Crippen LogP contribution in [-0.4, -0.2) is 39.4 Å². The minimum atomic E-state index is -0.553. The van der Waals surface area contributed by atoms with E-state index in [1.165, 1.54) is 30.8 Å². The SMILES string of the molecule is OC1(COCC2CCSCC2)CCCCC1I. The summed E-state index contributed by atoms with van der Waals surface area (Å²) >= 11 is 4.45. The first-order valence-electron chi connectivity index (χ1n) is 6.73. The average Bonchev–Trinajstić information content (AvgIpc) is 2.35. The van der Waals surface area contributed by atoms with Crippen molar-refractivity contribution in [3.05, 3.63) is 0 Å². The van der Waals surface area contributed by atoms with Gasteiger partial charge in [-0.25, -0.2) is 0 Å². The summed E-state index contributed by atoms with van der Waals surface area (Å²) in [5.74, 6) is 3.30. The fourth-order valence-corrected chi connectivity index (χ4v) is 4.79. The summed E-state index contributed by atoms with van der Waals surface area (Å²) in [6.45, 7) is 1.40. The van der Waals surface area contributed by atoms with Crippen molar-refractivity contribution in [2.24, 2.45) is 5.92 Å². The molecule has 1 heterocycles. The second-order valence-corrected chi connectivity index (χ2v) is 8.12. The van der Waals surface area contributed by atoms with Crippen molar-refractivity contribution >= 4 is 34.4 Å². The minimum absolute atomic E-state index is 0.371. The molecule has 2 atom stereocenters. The Morgan fingerprint density at radius 1 is 1.24 bits per heavy atom. The molecule has 2 rings (SSSR count). The highest BCUT2D eigenvalue weighted by Gasteiger charge is 2.37. The van der Waals surface area contributed by atoms with E-state index in [4.69, 9.17) is 4.74 Å². The van der Waals surface area contributed by atoms with Crippen LogP contribution in [0.1, 0.15) is 38.5 Å². The van der Waals surface area contributed by atoms with Crippen LogP contribution in [0.15, 0.2) is 0 Å². The normalized spacial score (nSPS) is 36.0. The van der Waals surface area contributed by atoms with E-state index in [2.05, 4.69) is 34.4 Å². The van der Waals surface area contributed by atoms with Crippen LogP contribution in [0.2, 0.25) is 0 Å². The number of aliphatic hydroxyl groups is 1. The molecule has 4 heteroatoms. The van der Waals surface area contributed by atoms with Crippen molar-refractivity contribution in [3.63, 3.8) is 0 Å². The summed E-state index contributed by atoms with van der Waals surface area (Å²) in [6.07, 6.45) is 7.05. The Kier molecular flexibility index (Phi) is 5.90. The van der Waals surface area contributed by atoms with E-state index < -0.39 is 5.60 Å². The largest absolute Gasteiger partial charge is 0.386 e. The van der Waals surface area contributed by atoms with E-state index in [0.29, 0.717) is 10.5 Å². The zero-order valence-electron chi connectivity index (χ0n) is 10.4. The zero-order chi connectivity index (χ0) is 12.1. The number of halogens is 1. The molecule has 100 valence electrons. The van der Waals surface area contributed by atoms with Crippen molar-refractivity contribution in [2.75, 3.05) is 24.7 Å². The highest BCUT2D eigenvalue weighted by atomic mass is 127. The van der Waals surface area contributed by atoms with Gasteiger partial charge in [0.25, 0.3) is 0 Å². The van der Waals surface area contributed by atoms with Gasteiger partial charge in [-0.3, -0.25) is 0 Å². The zero-order valence-corrected chi connectivity index (χ0v) is 13.3. The van der Waals surface area contributed by atoms with Gasteiger partial charge in [-0.2, -0.15) is 11.8 Å². The molecule has 0 bridgehead atoms. The molecule has 1 saturated heterocycles. The second-order valence-electron chi connectivity index (χ2n) is 5.39. The third kappa shape index (κ3) is 4.25. The topological polar surface area (TPSA) is 29.5 Å². The Bertz CT molecular complexity index is 233. The summed E-state index contributed by atoms with van der Waals surface area (Å²) in [5, 5.41) is 10.5. The molecule has 0 radical (unpaired) electrons. The van der Waals surface area contributed by atoms with Crippen molar-refractivity contribution in [1.29, 1.82) is 0 Å². The van der Waals surface area contributed by atoms with Crippen LogP contribution in [0.5, 0.6) is 0 Å². The van der Waals surface area contributed by atoms with Gasteiger partial charge in [0.2, 0.25) is 0 Å². The Balaban J connectivity index is 1.69. The predicted octanol–water partition coefficient (Wildman–Crippen LogP) is 3.25. The molecule has 0 aromatic rings. The quantitative estimate of drug-likeness (QED) is 0.609. The third-order valence-corrected chi connectivity index (χ3v) is 6.78. The molecule has 2 fully saturated rings. The van der Waals surface area contributed by atoms with Crippen LogP contribution in [0, 0.1) is 5.92 Å². The van der Waals surface area contributed by atoms with Crippen LogP contribution in [0.25, 0.3) is 0 Å². The van der Waals surface area contributed by atoms with Gasteiger partial charge in [-0.05, 0) is 43.1 Å². The lowest BCUT2D eigenvalue weighted by molar-refractivity contribution is -0.0673. The minimum Gasteiger partial charge on any atom is -0.386 e. The fraction of sp³-hybridized carbons (Fsp3) is 1.00. The van der Waals surface area contributed by atoms with Crippen molar-refractivity contribution in [3.8, 4) is 0 Å². The summed E-state index contributed by atoms with van der Waals surface area (Å²) < 4.78 is 6.19. The van der Waals surface area contributed by atoms with Gasteiger partial charge in [-0.15, -0.1) is 0 Å². The van der Waals surface area contributed by atoms with Crippen molar-refractivity contribution < 1.29 is 9.84 Å². The molecule has 1 saturated carbocycles. The number of rotatable bonds is 4. The summed E-state index contributed by atoms with van der Waals surface area (Å²) in [6, 6.07) is 0. The van der Waals surface area contributed by atoms with Gasteiger partial charge in [0.05, 0.1) is 12.2 Å². The number of ether oxygens (including phenoxy) is 1. The lowest BCUT2D eigenvalue weighted by Crippen LogP contribution is -2.45. The molecule has 1 aliphatic heterocycles. The second kappa shape index (κ2) is 6.96. The molecule has 0 amide bonds. The molecule has 0 aromatic heterocycles. The lowest BCUT2D eigenvalue weighted by atomic mass is 9.85. The molecule has 2 nitrogen and oxygen atoms in total. The molecular formula is C13H23IO2S. The Labute approximate surface area is 122 Å². The van der Waals surface area contributed by atoms with Gasteiger partial charge >= 0.3 is 0 Å². The molecule has 2 aliphatic rings. The third-order valence-electron chi connectivity index (χ3n) is 3.95. The fourth-order valence-electron chi connectivity index (χ4n) is 2.66. The first kappa shape index (κ1) is 14.4. The highest BCUT2D eigenvalue weighted by Crippen LogP contribution is 2.34. The van der Waals surface area contributed by atoms with E-state index >= 15 is 0 Å². The van der Waals surface area contributed by atoms with Gasteiger partial charge in [0.1, 0.15) is 0 Å². The number of hydrogen-bond donors (Lipinski definition) is 1. The van der Waals surface area contributed by atoms with E-state index in [0.717, 1.165) is 31.8 Å². The van der Waals surface area contributed by atoms with Crippen LogP contribution in [0.4, 0.5) is 0 Å². The molecule has 1 aliphatic carbocycles. The van der Waals surface area contributed by atoms with Gasteiger partial charge in [0, 0.05) is 10.5 Å². The van der Waals surface area contributed by atoms with Gasteiger partial charge in [0.15, 0.2) is 0 Å². The molecular weight excluding hydrogens is 347 g/mol. The van der Waals surface area contributed by atoms with Crippen LogP contribution < -0.4 is 0 Å². The first-order chi connectivity index (χ1) is 8.21. The number of thioether (sulfide) groups is 1. The highest BCUT2D eigenvalue weighted by molar-refractivity contribution is 14.1. The Morgan fingerprint density at radius 2 is 2.00 bits per heavy atom. The standard InChI is InChI=1S/C13H23IO2S/c14-12-3-1-2-6-13(12,15)10-16-9-11-4-7-17-8-5-11/h11-12,15H,1-10H2. The van der Waals surface area contributed by atoms with Gasteiger partial charge in [-0.1, -0.05) is 35.4 Å². The van der Waals surface area contributed by atoms with E-state index in [1.807, 2.05) is 0 Å². The van der Waals surface area contributed by atoms with Crippen LogP contribution in [-0.2, 0) is 4.74 Å². The molecule has 2 unspecified atom stereocenters. The molecule has 0 aromatic carbocycles. The first-order valence-corrected chi connectivity index (χ1v) is 9.13. The molecule has 0 spiro atoms. The Hall–Kier alpha value is 1.00. The van der Waals surface area contributed by atoms with E-state index in [-0.39, 0.29) is 0 Å². The van der Waals surface area contributed by atoms with E-state index in [1.54, 1.807) is 0 Å². The predicted molar refractivity (Wildman–Crippen MR) is 82.1 cm³/mol. The maximum absolute atomic E-state index is 10.5. The van der Waals surface area contributed by atoms with E-state index in [9.17, 15) is 5.11 Å². The van der Waals surface area contributed by atoms with Crippen molar-refractivity contribution in [2.45, 2.75) is 48.1 Å². The monoisotopic (exact) mass is 370 g/mol. The number of alkyl halides is 1. The Morgan fingerprint density at radius 3 is 2.71 bits per heavy atom. The number of hydrogen-bond acceptors (Lipinski definition) is 3. The van der Waals surface area contributed by atoms with Crippen LogP contribution >= 0.6 is 34.4 Å². The molecule has 1 N–H and O–H groups in total. The summed E-state index contributed by atoms with van der Waals surface area (Å²) in [7, 11) is 0. The van der Waals surface area contributed by atoms with Gasteiger partial charge < -0.3 is 9.84 Å². The van der Waals surface area contributed by atoms with Crippen LogP contribution in [0.3, 0.4) is 0 Å². The lowest BCUT2D eigenvalue weighted by Gasteiger charge is -2.37. The summed E-state index contributed by atoms with van der Waals surface area (Å²) in [5.41, 5.74) is -0.553. The smallest absolute Gasteiger partial charge is 0.0996 e. The molecule has 17 heavy (non-hydrogen) atoms. The maximum Gasteiger partial charge on any atom is 0.0996 e. The van der Waals surface area contributed by atoms with Crippen molar-refractivity contribution in [1.82, 2.24) is 0 Å². The maximum atomic E-state index is 10.5.